The summed E-state index contributed by atoms with van der Waals surface area (Å²) in [6.45, 7) is 7.95. The maximum Gasteiger partial charge on any atom is 0.0446 e. The largest absolute Gasteiger partial charge is 0.369 e. The van der Waals surface area contributed by atoms with Crippen molar-refractivity contribution >= 4 is 16.5 Å². The number of nitrogens with zero attached hydrogens (tertiary/aromatic N) is 1. The minimum absolute atomic E-state index is 0.216. The Morgan fingerprint density at radius 2 is 1.95 bits per heavy atom. The van der Waals surface area contributed by atoms with Crippen LogP contribution in [0.3, 0.4) is 0 Å². The average molecular weight is 268 g/mol. The van der Waals surface area contributed by atoms with Crippen molar-refractivity contribution in [3.8, 4) is 0 Å². The predicted octanol–water partition coefficient (Wildman–Crippen LogP) is 3.81. The molecule has 1 N–H and O–H groups in total. The molecule has 1 fully saturated rings. The summed E-state index contributed by atoms with van der Waals surface area (Å²) < 4.78 is 0. The molecule has 106 valence electrons. The van der Waals surface area contributed by atoms with Gasteiger partial charge in [0.25, 0.3) is 0 Å². The number of benzene rings is 2. The molecular weight excluding hydrogens is 244 g/mol. The predicted molar refractivity (Wildman–Crippen MR) is 87.5 cm³/mol. The van der Waals surface area contributed by atoms with Gasteiger partial charge < -0.3 is 10.2 Å². The number of hydrogen-bond donors (Lipinski definition) is 1. The average Bonchev–Trinajstić information content (AvgIpc) is 2.69. The van der Waals surface area contributed by atoms with Crippen molar-refractivity contribution < 1.29 is 0 Å². The summed E-state index contributed by atoms with van der Waals surface area (Å²) in [7, 11) is 0. The van der Waals surface area contributed by atoms with Crippen molar-refractivity contribution in [2.24, 2.45) is 0 Å². The van der Waals surface area contributed by atoms with E-state index in [0.29, 0.717) is 0 Å². The van der Waals surface area contributed by atoms with Crippen LogP contribution >= 0.6 is 0 Å². The fourth-order valence-electron chi connectivity index (χ4n) is 3.14. The van der Waals surface area contributed by atoms with Crippen molar-refractivity contribution in [2.45, 2.75) is 32.2 Å². The Morgan fingerprint density at radius 1 is 1.15 bits per heavy atom. The van der Waals surface area contributed by atoms with Crippen molar-refractivity contribution in [3.05, 3.63) is 42.5 Å². The summed E-state index contributed by atoms with van der Waals surface area (Å²) in [5.41, 5.74) is 1.60. The second kappa shape index (κ2) is 5.45. The maximum absolute atomic E-state index is 3.71. The molecule has 0 saturated carbocycles. The highest BCUT2D eigenvalue weighted by Crippen LogP contribution is 2.29. The highest BCUT2D eigenvalue weighted by atomic mass is 15.2. The number of hydrogen-bond acceptors (Lipinski definition) is 2. The van der Waals surface area contributed by atoms with Crippen LogP contribution in [0, 0.1) is 0 Å². The summed E-state index contributed by atoms with van der Waals surface area (Å²) >= 11 is 0. The van der Waals surface area contributed by atoms with Crippen LogP contribution in [0.15, 0.2) is 42.5 Å². The van der Waals surface area contributed by atoms with Crippen LogP contribution in [0.25, 0.3) is 10.8 Å². The molecule has 0 aromatic heterocycles. The molecule has 1 heterocycles. The van der Waals surface area contributed by atoms with Gasteiger partial charge in [0.2, 0.25) is 0 Å². The fourth-order valence-corrected chi connectivity index (χ4v) is 3.14. The number of fused-ring (bicyclic) bond motifs is 1. The lowest BCUT2D eigenvalue weighted by Gasteiger charge is -2.34. The quantitative estimate of drug-likeness (QED) is 0.891. The molecule has 2 nitrogen and oxygen atoms in total. The van der Waals surface area contributed by atoms with Crippen molar-refractivity contribution in [1.29, 1.82) is 0 Å². The Labute approximate surface area is 121 Å². The smallest absolute Gasteiger partial charge is 0.0446 e. The van der Waals surface area contributed by atoms with Crippen LogP contribution in [-0.4, -0.2) is 25.2 Å². The second-order valence-corrected chi connectivity index (χ2v) is 6.11. The van der Waals surface area contributed by atoms with Crippen LogP contribution in [-0.2, 0) is 0 Å². The molecule has 1 aliphatic rings. The third-order valence-electron chi connectivity index (χ3n) is 4.58. The first-order valence-corrected chi connectivity index (χ1v) is 7.70. The normalized spacial score (nSPS) is 23.8. The van der Waals surface area contributed by atoms with Gasteiger partial charge in [-0.2, -0.15) is 0 Å². The maximum atomic E-state index is 3.71. The Kier molecular flexibility index (Phi) is 3.66. The molecule has 20 heavy (non-hydrogen) atoms. The molecule has 0 bridgehead atoms. The highest BCUT2D eigenvalue weighted by Gasteiger charge is 2.27. The highest BCUT2D eigenvalue weighted by molar-refractivity contribution is 5.94. The minimum Gasteiger partial charge on any atom is -0.369 e. The van der Waals surface area contributed by atoms with Gasteiger partial charge in [-0.3, -0.25) is 0 Å². The molecule has 3 rings (SSSR count). The van der Waals surface area contributed by atoms with Gasteiger partial charge in [0.15, 0.2) is 0 Å². The minimum atomic E-state index is 0.216. The fraction of sp³-hybridized carbons (Fsp3) is 0.444. The van der Waals surface area contributed by atoms with Crippen LogP contribution < -0.4 is 10.2 Å². The van der Waals surface area contributed by atoms with Crippen LogP contribution in [0.4, 0.5) is 5.69 Å². The zero-order chi connectivity index (χ0) is 14.0. The summed E-state index contributed by atoms with van der Waals surface area (Å²) in [5.74, 6) is 0. The molecule has 1 saturated heterocycles. The van der Waals surface area contributed by atoms with Crippen LogP contribution in [0.1, 0.15) is 26.7 Å². The molecule has 1 unspecified atom stereocenters. The third-order valence-corrected chi connectivity index (χ3v) is 4.58. The van der Waals surface area contributed by atoms with E-state index in [2.05, 4.69) is 66.5 Å². The third kappa shape index (κ3) is 2.53. The monoisotopic (exact) mass is 268 g/mol. The van der Waals surface area contributed by atoms with Crippen molar-refractivity contribution in [1.82, 2.24) is 5.32 Å². The second-order valence-electron chi connectivity index (χ2n) is 6.11. The van der Waals surface area contributed by atoms with E-state index in [4.69, 9.17) is 0 Å². The van der Waals surface area contributed by atoms with Gasteiger partial charge in [0, 0.05) is 29.7 Å². The zero-order valence-corrected chi connectivity index (χ0v) is 12.5. The van der Waals surface area contributed by atoms with Crippen molar-refractivity contribution in [3.63, 3.8) is 0 Å². The molecule has 2 aromatic carbocycles. The lowest BCUT2D eigenvalue weighted by molar-refractivity contribution is 0.366. The van der Waals surface area contributed by atoms with Gasteiger partial charge in [-0.15, -0.1) is 0 Å². The van der Waals surface area contributed by atoms with Crippen molar-refractivity contribution in [2.75, 3.05) is 24.5 Å². The Morgan fingerprint density at radius 3 is 2.80 bits per heavy atom. The first-order valence-electron chi connectivity index (χ1n) is 7.70. The van der Waals surface area contributed by atoms with E-state index in [1.807, 2.05) is 0 Å². The summed E-state index contributed by atoms with van der Waals surface area (Å²) in [6, 6.07) is 15.4. The van der Waals surface area contributed by atoms with Crippen LogP contribution in [0.5, 0.6) is 0 Å². The molecule has 0 amide bonds. The molecule has 2 heteroatoms. The van der Waals surface area contributed by atoms with E-state index >= 15 is 0 Å². The molecule has 1 aliphatic heterocycles. The topological polar surface area (TPSA) is 15.3 Å². The molecule has 1 atom stereocenters. The Bertz CT molecular complexity index is 587. The van der Waals surface area contributed by atoms with Gasteiger partial charge >= 0.3 is 0 Å². The van der Waals surface area contributed by atoms with E-state index in [-0.39, 0.29) is 5.54 Å². The van der Waals surface area contributed by atoms with Crippen LogP contribution in [0.2, 0.25) is 0 Å². The van der Waals surface area contributed by atoms with Gasteiger partial charge in [-0.25, -0.2) is 0 Å². The van der Waals surface area contributed by atoms with E-state index in [9.17, 15) is 0 Å². The van der Waals surface area contributed by atoms with Gasteiger partial charge in [0.05, 0.1) is 0 Å². The molecule has 2 aromatic rings. The first kappa shape index (κ1) is 13.4. The number of anilines is 1. The molecule has 0 spiro atoms. The summed E-state index contributed by atoms with van der Waals surface area (Å²) in [6.07, 6.45) is 2.37. The zero-order valence-electron chi connectivity index (χ0n) is 12.5. The van der Waals surface area contributed by atoms with Gasteiger partial charge in [-0.1, -0.05) is 43.3 Å². The number of nitrogens with one attached hydrogen (secondary N) is 1. The molecular formula is C18H24N2. The SMILES string of the molecule is CCC1(C)CN(c2cccc3ccccc23)CCCN1. The molecule has 0 radical (unpaired) electrons. The van der Waals surface area contributed by atoms with E-state index in [1.165, 1.54) is 22.9 Å². The van der Waals surface area contributed by atoms with E-state index in [0.717, 1.165) is 26.1 Å². The summed E-state index contributed by atoms with van der Waals surface area (Å²) in [4.78, 5) is 2.56. The Balaban J connectivity index is 2.01. The lowest BCUT2D eigenvalue weighted by Crippen LogP contribution is -2.48. The molecule has 0 aliphatic carbocycles. The van der Waals surface area contributed by atoms with E-state index < -0.39 is 0 Å². The lowest BCUT2D eigenvalue weighted by atomic mass is 9.98. The first-order chi connectivity index (χ1) is 9.72. The van der Waals surface area contributed by atoms with Gasteiger partial charge in [0.1, 0.15) is 0 Å². The van der Waals surface area contributed by atoms with Gasteiger partial charge in [-0.05, 0) is 37.8 Å². The van der Waals surface area contributed by atoms with E-state index in [1.54, 1.807) is 0 Å². The standard InChI is InChI=1S/C18H24N2/c1-3-18(2)14-20(13-7-12-19-18)17-11-6-9-15-8-4-5-10-16(15)17/h4-6,8-11,19H,3,7,12-14H2,1-2H3. The summed E-state index contributed by atoms with van der Waals surface area (Å²) in [5, 5.41) is 6.42. The Hall–Kier alpha value is -1.54. The number of rotatable bonds is 2.